The Bertz CT molecular complexity index is 1330. The molecule has 0 aliphatic carbocycles. The lowest BCUT2D eigenvalue weighted by molar-refractivity contribution is 0.481. The van der Waals surface area contributed by atoms with Crippen LogP contribution in [0.4, 0.5) is 10.8 Å². The topological polar surface area (TPSA) is 118 Å². The summed E-state index contributed by atoms with van der Waals surface area (Å²) in [6.45, 7) is 0. The van der Waals surface area contributed by atoms with Crippen LogP contribution in [0.2, 0.25) is 0 Å². The number of sulfonamides is 1. The number of fused-ring (bicyclic) bond motifs is 2. The molecule has 136 valence electrons. The van der Waals surface area contributed by atoms with Gasteiger partial charge in [-0.15, -0.1) is 22.9 Å². The number of azo groups is 1. The molecule has 1 aromatic heterocycles. The Balaban J connectivity index is 1.76. The number of aromatic hydroxyl groups is 1. The van der Waals surface area contributed by atoms with Gasteiger partial charge in [0.2, 0.25) is 15.2 Å². The molecule has 0 aliphatic rings. The van der Waals surface area contributed by atoms with Gasteiger partial charge in [0.1, 0.15) is 5.69 Å². The minimum absolute atomic E-state index is 0.00644. The van der Waals surface area contributed by atoms with Crippen LogP contribution < -0.4 is 5.14 Å². The highest BCUT2D eigenvalue weighted by Gasteiger charge is 2.13. The van der Waals surface area contributed by atoms with Crippen molar-refractivity contribution in [3.8, 4) is 5.75 Å². The zero-order valence-electron chi connectivity index (χ0n) is 13.6. The molecule has 3 aromatic carbocycles. The van der Waals surface area contributed by atoms with Gasteiger partial charge in [-0.3, -0.25) is 0 Å². The first kappa shape index (κ1) is 17.9. The molecule has 0 amide bonds. The summed E-state index contributed by atoms with van der Waals surface area (Å²) < 4.78 is 23.5. The normalized spacial score (nSPS) is 12.4. The highest BCUT2D eigenvalue weighted by atomic mass is 32.2. The zero-order chi connectivity index (χ0) is 19.2. The van der Waals surface area contributed by atoms with Gasteiger partial charge in [-0.2, -0.15) is 0 Å². The summed E-state index contributed by atoms with van der Waals surface area (Å²) in [6.07, 6.45) is 0. The first-order valence-corrected chi connectivity index (χ1v) is 10.4. The van der Waals surface area contributed by atoms with Crippen molar-refractivity contribution >= 4 is 65.8 Å². The summed E-state index contributed by atoms with van der Waals surface area (Å²) in [4.78, 5) is 4.77. The number of nitrogens with zero attached hydrogens (tertiary/aromatic N) is 3. The van der Waals surface area contributed by atoms with Gasteiger partial charge < -0.3 is 5.11 Å². The lowest BCUT2D eigenvalue weighted by atomic mass is 10.1. The van der Waals surface area contributed by atoms with E-state index in [9.17, 15) is 13.5 Å². The molecule has 0 saturated carbocycles. The first-order chi connectivity index (χ1) is 12.8. The van der Waals surface area contributed by atoms with E-state index in [1.807, 2.05) is 18.2 Å². The van der Waals surface area contributed by atoms with Gasteiger partial charge in [0.15, 0.2) is 5.75 Å². The summed E-state index contributed by atoms with van der Waals surface area (Å²) >= 11 is 5.54. The van der Waals surface area contributed by atoms with Crippen LogP contribution in [-0.4, -0.2) is 18.5 Å². The van der Waals surface area contributed by atoms with Crippen molar-refractivity contribution in [3.63, 3.8) is 0 Å². The third kappa shape index (κ3) is 3.39. The summed E-state index contributed by atoms with van der Waals surface area (Å²) in [5.41, 5.74) is 0.816. The lowest BCUT2D eigenvalue weighted by Gasteiger charge is -2.06. The maximum Gasteiger partial charge on any atom is 0.238 e. The van der Waals surface area contributed by atoms with Crippen LogP contribution in [0.5, 0.6) is 5.75 Å². The third-order valence-electron chi connectivity index (χ3n) is 3.89. The quantitative estimate of drug-likeness (QED) is 0.336. The first-order valence-electron chi connectivity index (χ1n) is 7.62. The molecular formula is C17H12N4O3S3. The minimum Gasteiger partial charge on any atom is -0.505 e. The fourth-order valence-electron chi connectivity index (χ4n) is 2.61. The van der Waals surface area contributed by atoms with Crippen LogP contribution in [0, 0.1) is 0 Å². The number of hydrogen-bond acceptors (Lipinski definition) is 8. The number of thiol groups is 1. The van der Waals surface area contributed by atoms with E-state index in [4.69, 9.17) is 5.14 Å². The molecule has 0 saturated heterocycles. The van der Waals surface area contributed by atoms with Crippen molar-refractivity contribution in [2.24, 2.45) is 15.4 Å². The molecular weight excluding hydrogens is 404 g/mol. The van der Waals surface area contributed by atoms with Crippen LogP contribution >= 0.6 is 24.0 Å². The number of benzene rings is 3. The molecule has 0 fully saturated rings. The predicted octanol–water partition coefficient (Wildman–Crippen LogP) is 4.51. The van der Waals surface area contributed by atoms with Gasteiger partial charge in [0.25, 0.3) is 0 Å². The Kier molecular flexibility index (Phi) is 4.35. The van der Waals surface area contributed by atoms with Crippen molar-refractivity contribution in [2.75, 3.05) is 0 Å². The van der Waals surface area contributed by atoms with Gasteiger partial charge in [-0.05, 0) is 29.7 Å². The average molecular weight is 417 g/mol. The largest absolute Gasteiger partial charge is 0.505 e. The number of thiazole rings is 1. The van der Waals surface area contributed by atoms with Gasteiger partial charge in [0.05, 0.1) is 15.1 Å². The van der Waals surface area contributed by atoms with Gasteiger partial charge >= 0.3 is 0 Å². The third-order valence-corrected chi connectivity index (χ3v) is 6.04. The lowest BCUT2D eigenvalue weighted by Crippen LogP contribution is -2.11. The fraction of sp³-hybridized carbons (Fsp3) is 0. The Morgan fingerprint density at radius 1 is 1.11 bits per heavy atom. The summed E-state index contributed by atoms with van der Waals surface area (Å²) in [5.74, 6) is -0.0144. The smallest absolute Gasteiger partial charge is 0.238 e. The van der Waals surface area contributed by atoms with Crippen LogP contribution in [0.15, 0.2) is 68.6 Å². The molecule has 0 atom stereocenters. The molecule has 7 nitrogen and oxygen atoms in total. The highest BCUT2D eigenvalue weighted by molar-refractivity contribution is 7.89. The van der Waals surface area contributed by atoms with Crippen LogP contribution in [0.1, 0.15) is 0 Å². The second-order valence-electron chi connectivity index (χ2n) is 5.69. The highest BCUT2D eigenvalue weighted by Crippen LogP contribution is 2.41. The molecule has 10 heteroatoms. The molecule has 0 bridgehead atoms. The number of primary sulfonamides is 1. The van der Waals surface area contributed by atoms with E-state index in [1.165, 1.54) is 12.1 Å². The number of rotatable bonds is 3. The van der Waals surface area contributed by atoms with Crippen LogP contribution in [-0.2, 0) is 10.0 Å². The minimum atomic E-state index is -3.79. The monoisotopic (exact) mass is 416 g/mol. The molecule has 0 spiro atoms. The van der Waals surface area contributed by atoms with E-state index >= 15 is 0 Å². The Labute approximate surface area is 163 Å². The molecule has 0 aliphatic heterocycles. The summed E-state index contributed by atoms with van der Waals surface area (Å²) in [7, 11) is -3.79. The molecule has 4 aromatic rings. The summed E-state index contributed by atoms with van der Waals surface area (Å²) in [5, 5.41) is 25.6. The van der Waals surface area contributed by atoms with E-state index in [-0.39, 0.29) is 16.3 Å². The van der Waals surface area contributed by atoms with Crippen molar-refractivity contribution in [1.29, 1.82) is 0 Å². The van der Waals surface area contributed by atoms with Gasteiger partial charge in [-0.25, -0.2) is 18.5 Å². The number of hydrogen-bond donors (Lipinski definition) is 3. The molecule has 0 radical (unpaired) electrons. The number of phenols is 1. The van der Waals surface area contributed by atoms with Crippen LogP contribution in [0.25, 0.3) is 21.0 Å². The molecule has 3 N–H and O–H groups in total. The second kappa shape index (κ2) is 6.57. The predicted molar refractivity (Wildman–Crippen MR) is 108 cm³/mol. The van der Waals surface area contributed by atoms with Gasteiger partial charge in [-0.1, -0.05) is 35.6 Å². The Morgan fingerprint density at radius 3 is 2.67 bits per heavy atom. The maximum absolute atomic E-state index is 11.5. The SMILES string of the molecule is NS(=O)(=O)c1ccc2nc(/N=N/c3c(S)cc4ccccc4c3O)sc2c1. The number of aromatic nitrogens is 1. The maximum atomic E-state index is 11.5. The molecule has 27 heavy (non-hydrogen) atoms. The van der Waals surface area contributed by atoms with E-state index in [2.05, 4.69) is 27.8 Å². The van der Waals surface area contributed by atoms with Crippen molar-refractivity contribution in [2.45, 2.75) is 9.79 Å². The average Bonchev–Trinajstić information content (AvgIpc) is 3.02. The van der Waals surface area contributed by atoms with Crippen LogP contribution in [0.3, 0.4) is 0 Å². The molecule has 4 rings (SSSR count). The second-order valence-corrected chi connectivity index (χ2v) is 8.74. The van der Waals surface area contributed by atoms with Crippen molar-refractivity contribution in [3.05, 3.63) is 48.5 Å². The fourth-order valence-corrected chi connectivity index (χ4v) is 4.34. The number of nitrogens with two attached hydrogens (primary N) is 1. The standard InChI is InChI=1S/C17H12N4O3S3/c18-27(23,24)10-5-6-12-14(8-10)26-17(19-12)21-20-15-13(25)7-9-3-1-2-4-11(9)16(15)22/h1-8,22,25H,(H2,18,23,24)/b21-20+. The van der Waals surface area contributed by atoms with E-state index < -0.39 is 10.0 Å². The molecule has 0 unspecified atom stereocenters. The van der Waals surface area contributed by atoms with Crippen molar-refractivity contribution < 1.29 is 13.5 Å². The molecule has 1 heterocycles. The Morgan fingerprint density at radius 2 is 1.89 bits per heavy atom. The van der Waals surface area contributed by atoms with Crippen molar-refractivity contribution in [1.82, 2.24) is 4.98 Å². The number of phenolic OH excluding ortho intramolecular Hbond substituents is 1. The zero-order valence-corrected chi connectivity index (χ0v) is 16.1. The van der Waals surface area contributed by atoms with E-state index in [0.29, 0.717) is 25.6 Å². The van der Waals surface area contributed by atoms with E-state index in [0.717, 1.165) is 16.7 Å². The van der Waals surface area contributed by atoms with E-state index in [1.54, 1.807) is 18.2 Å². The van der Waals surface area contributed by atoms with Gasteiger partial charge in [0, 0.05) is 10.3 Å². The summed E-state index contributed by atoms with van der Waals surface area (Å²) in [6, 6.07) is 13.5. The Hall–Kier alpha value is -2.53.